The average molecular weight is 196 g/mol. The molecule has 82 valence electrons. The molecule has 0 heterocycles. The van der Waals surface area contributed by atoms with E-state index in [0.717, 1.165) is 38.9 Å². The van der Waals surface area contributed by atoms with E-state index in [9.17, 15) is 0 Å². The van der Waals surface area contributed by atoms with Crippen molar-refractivity contribution in [2.75, 3.05) is 19.6 Å². The smallest absolute Gasteiger partial charge is 0.00745 e. The molecule has 0 fully saturated rings. The average Bonchev–Trinajstić information content (AvgIpc) is 2.21. The predicted octanol–water partition coefficient (Wildman–Crippen LogP) is 2.23. The highest BCUT2D eigenvalue weighted by atomic mass is 14.9. The van der Waals surface area contributed by atoms with Crippen LogP contribution in [0.1, 0.15) is 32.6 Å². The first-order valence-corrected chi connectivity index (χ1v) is 5.62. The number of allylic oxidation sites excluding steroid dienone is 4. The molecule has 0 saturated carbocycles. The van der Waals surface area contributed by atoms with Crippen LogP contribution in [0.3, 0.4) is 0 Å². The molecule has 0 aliphatic heterocycles. The van der Waals surface area contributed by atoms with Gasteiger partial charge in [0, 0.05) is 13.1 Å². The van der Waals surface area contributed by atoms with Gasteiger partial charge < -0.3 is 11.1 Å². The maximum absolute atomic E-state index is 5.35. The van der Waals surface area contributed by atoms with Crippen molar-refractivity contribution in [3.8, 4) is 0 Å². The lowest BCUT2D eigenvalue weighted by Crippen LogP contribution is -2.23. The summed E-state index contributed by atoms with van der Waals surface area (Å²) in [6.45, 7) is 4.90. The molecule has 0 amide bonds. The summed E-state index contributed by atoms with van der Waals surface area (Å²) in [6.07, 6.45) is 13.5. The molecular formula is C12H24N2. The molecule has 2 heteroatoms. The lowest BCUT2D eigenvalue weighted by molar-refractivity contribution is 0.658. The van der Waals surface area contributed by atoms with Crippen molar-refractivity contribution in [3.63, 3.8) is 0 Å². The fourth-order valence-corrected chi connectivity index (χ4v) is 1.13. The van der Waals surface area contributed by atoms with E-state index in [4.69, 9.17) is 5.73 Å². The van der Waals surface area contributed by atoms with Crippen LogP contribution in [-0.2, 0) is 0 Å². The number of unbranched alkanes of at least 4 members (excludes halogenated alkanes) is 1. The van der Waals surface area contributed by atoms with Gasteiger partial charge in [0.15, 0.2) is 0 Å². The Balaban J connectivity index is 3.07. The zero-order valence-electron chi connectivity index (χ0n) is 9.34. The second kappa shape index (κ2) is 12.4. The van der Waals surface area contributed by atoms with E-state index in [1.54, 1.807) is 0 Å². The molecule has 0 aliphatic carbocycles. The van der Waals surface area contributed by atoms with Crippen molar-refractivity contribution < 1.29 is 0 Å². The van der Waals surface area contributed by atoms with Crippen LogP contribution >= 0.6 is 0 Å². The van der Waals surface area contributed by atoms with E-state index in [0.29, 0.717) is 0 Å². The Morgan fingerprint density at radius 2 is 1.86 bits per heavy atom. The summed E-state index contributed by atoms with van der Waals surface area (Å²) in [6, 6.07) is 0. The first-order valence-electron chi connectivity index (χ1n) is 5.62. The Morgan fingerprint density at radius 1 is 1.07 bits per heavy atom. The Hall–Kier alpha value is -0.600. The summed E-state index contributed by atoms with van der Waals surface area (Å²) in [4.78, 5) is 0. The van der Waals surface area contributed by atoms with E-state index >= 15 is 0 Å². The number of hydrogen-bond acceptors (Lipinski definition) is 2. The number of hydrogen-bond donors (Lipinski definition) is 2. The molecule has 0 saturated heterocycles. The van der Waals surface area contributed by atoms with Crippen LogP contribution in [0.15, 0.2) is 24.3 Å². The molecule has 0 bridgehead atoms. The highest BCUT2D eigenvalue weighted by Gasteiger charge is 1.83. The molecule has 14 heavy (non-hydrogen) atoms. The second-order valence-electron chi connectivity index (χ2n) is 3.27. The first kappa shape index (κ1) is 13.4. The lowest BCUT2D eigenvalue weighted by Gasteiger charge is -1.99. The molecule has 0 radical (unpaired) electrons. The minimum atomic E-state index is 0.734. The zero-order chi connectivity index (χ0) is 10.5. The van der Waals surface area contributed by atoms with Crippen molar-refractivity contribution in [1.82, 2.24) is 5.32 Å². The van der Waals surface area contributed by atoms with Gasteiger partial charge in [0.2, 0.25) is 0 Å². The van der Waals surface area contributed by atoms with Crippen LogP contribution in [0.25, 0.3) is 0 Å². The molecule has 0 aromatic rings. The monoisotopic (exact) mass is 196 g/mol. The summed E-state index contributed by atoms with van der Waals surface area (Å²) in [5.74, 6) is 0. The van der Waals surface area contributed by atoms with Crippen LogP contribution in [0.5, 0.6) is 0 Å². The summed E-state index contributed by atoms with van der Waals surface area (Å²) >= 11 is 0. The van der Waals surface area contributed by atoms with Gasteiger partial charge in [-0.3, -0.25) is 0 Å². The zero-order valence-corrected chi connectivity index (χ0v) is 9.34. The van der Waals surface area contributed by atoms with Crippen molar-refractivity contribution in [3.05, 3.63) is 24.3 Å². The van der Waals surface area contributed by atoms with Crippen LogP contribution in [0, 0.1) is 0 Å². The third kappa shape index (κ3) is 11.4. The molecule has 0 spiro atoms. The summed E-state index contributed by atoms with van der Waals surface area (Å²) in [5.41, 5.74) is 5.35. The summed E-state index contributed by atoms with van der Waals surface area (Å²) < 4.78 is 0. The van der Waals surface area contributed by atoms with Gasteiger partial charge in [-0.15, -0.1) is 0 Å². The van der Waals surface area contributed by atoms with E-state index in [-0.39, 0.29) is 0 Å². The Kier molecular flexibility index (Phi) is 11.9. The first-order chi connectivity index (χ1) is 6.91. The van der Waals surface area contributed by atoms with E-state index in [1.165, 1.54) is 6.42 Å². The van der Waals surface area contributed by atoms with Gasteiger partial charge in [0.25, 0.3) is 0 Å². The molecule has 0 aromatic heterocycles. The van der Waals surface area contributed by atoms with Gasteiger partial charge >= 0.3 is 0 Å². The second-order valence-corrected chi connectivity index (χ2v) is 3.27. The van der Waals surface area contributed by atoms with Crippen LogP contribution < -0.4 is 11.1 Å². The maximum Gasteiger partial charge on any atom is 0.00745 e. The minimum Gasteiger partial charge on any atom is -0.329 e. The standard InChI is InChI=1S/C12H24N2/c1-2-3-4-5-6-7-8-9-11-14-12-10-13/h3-4,6-7,14H,2,5,8-13H2,1H3/b4-3-,7-6-. The molecule has 0 aromatic carbocycles. The third-order valence-electron chi connectivity index (χ3n) is 1.89. The van der Waals surface area contributed by atoms with Gasteiger partial charge in [-0.25, -0.2) is 0 Å². The van der Waals surface area contributed by atoms with Crippen LogP contribution in [0.2, 0.25) is 0 Å². The molecule has 0 rings (SSSR count). The lowest BCUT2D eigenvalue weighted by atomic mass is 10.2. The van der Waals surface area contributed by atoms with E-state index in [1.807, 2.05) is 0 Å². The fourth-order valence-electron chi connectivity index (χ4n) is 1.13. The molecule has 3 N–H and O–H groups in total. The Labute approximate surface area is 88.3 Å². The molecule has 0 unspecified atom stereocenters. The minimum absolute atomic E-state index is 0.734. The van der Waals surface area contributed by atoms with Crippen molar-refractivity contribution in [1.29, 1.82) is 0 Å². The third-order valence-corrected chi connectivity index (χ3v) is 1.89. The normalized spacial score (nSPS) is 11.9. The number of rotatable bonds is 9. The molecule has 0 atom stereocenters. The maximum atomic E-state index is 5.35. The summed E-state index contributed by atoms with van der Waals surface area (Å²) in [5, 5.41) is 3.27. The van der Waals surface area contributed by atoms with Crippen LogP contribution in [-0.4, -0.2) is 19.6 Å². The highest BCUT2D eigenvalue weighted by molar-refractivity contribution is 4.92. The summed E-state index contributed by atoms with van der Waals surface area (Å²) in [7, 11) is 0. The molecular weight excluding hydrogens is 172 g/mol. The van der Waals surface area contributed by atoms with Gasteiger partial charge in [-0.05, 0) is 32.2 Å². The fraction of sp³-hybridized carbons (Fsp3) is 0.667. The van der Waals surface area contributed by atoms with Gasteiger partial charge in [0.05, 0.1) is 0 Å². The van der Waals surface area contributed by atoms with Crippen molar-refractivity contribution >= 4 is 0 Å². The molecule has 0 aliphatic rings. The van der Waals surface area contributed by atoms with Gasteiger partial charge in [0.1, 0.15) is 0 Å². The highest BCUT2D eigenvalue weighted by Crippen LogP contribution is 1.93. The van der Waals surface area contributed by atoms with Gasteiger partial charge in [-0.1, -0.05) is 31.2 Å². The van der Waals surface area contributed by atoms with E-state index in [2.05, 4.69) is 36.5 Å². The Morgan fingerprint density at radius 3 is 2.57 bits per heavy atom. The topological polar surface area (TPSA) is 38.0 Å². The predicted molar refractivity (Wildman–Crippen MR) is 64.3 cm³/mol. The SMILES string of the molecule is CC/C=C\C/C=C\CCCNCCN. The Bertz CT molecular complexity index is 150. The van der Waals surface area contributed by atoms with Gasteiger partial charge in [-0.2, -0.15) is 0 Å². The molecule has 2 nitrogen and oxygen atoms in total. The number of nitrogens with one attached hydrogen (secondary N) is 1. The van der Waals surface area contributed by atoms with Crippen LogP contribution in [0.4, 0.5) is 0 Å². The van der Waals surface area contributed by atoms with E-state index < -0.39 is 0 Å². The largest absolute Gasteiger partial charge is 0.329 e. The quantitative estimate of drug-likeness (QED) is 0.438. The van der Waals surface area contributed by atoms with Crippen molar-refractivity contribution in [2.45, 2.75) is 32.6 Å². The van der Waals surface area contributed by atoms with Crippen molar-refractivity contribution in [2.24, 2.45) is 5.73 Å². The number of nitrogens with two attached hydrogens (primary N) is 1.